The monoisotopic (exact) mass is 402 g/mol. The summed E-state index contributed by atoms with van der Waals surface area (Å²) in [6.07, 6.45) is 7.34. The molecule has 2 aromatic heterocycles. The van der Waals surface area contributed by atoms with E-state index in [4.69, 9.17) is 0 Å². The Balaban J connectivity index is 1.64. The van der Waals surface area contributed by atoms with E-state index in [1.807, 2.05) is 41.4 Å². The third kappa shape index (κ3) is 2.89. The van der Waals surface area contributed by atoms with Crippen molar-refractivity contribution < 1.29 is 9.90 Å². The molecule has 0 saturated carbocycles. The van der Waals surface area contributed by atoms with Crippen LogP contribution in [0.4, 0.5) is 0 Å². The molecule has 5 rings (SSSR count). The van der Waals surface area contributed by atoms with E-state index >= 15 is 0 Å². The van der Waals surface area contributed by atoms with Crippen LogP contribution < -0.4 is 0 Å². The summed E-state index contributed by atoms with van der Waals surface area (Å²) in [7, 11) is 0. The first kappa shape index (κ1) is 17.9. The second kappa shape index (κ2) is 7.00. The fourth-order valence-corrected chi connectivity index (χ4v) is 4.53. The molecule has 2 aromatic carbocycles. The molecule has 1 atom stereocenters. The highest BCUT2D eigenvalue weighted by Gasteiger charge is 2.29. The number of carbonyl (C=O) groups is 1. The second-order valence-electron chi connectivity index (χ2n) is 7.00. The van der Waals surface area contributed by atoms with Crippen LogP contribution in [0.5, 0.6) is 0 Å². The normalized spacial score (nSPS) is 15.6. The average Bonchev–Trinajstić information content (AvgIpc) is 3.36. The van der Waals surface area contributed by atoms with Crippen LogP contribution in [-0.4, -0.2) is 37.1 Å². The van der Waals surface area contributed by atoms with Crippen molar-refractivity contribution in [3.05, 3.63) is 71.5 Å². The van der Waals surface area contributed by atoms with Crippen molar-refractivity contribution in [3.63, 3.8) is 0 Å². The number of benzene rings is 2. The van der Waals surface area contributed by atoms with Crippen molar-refractivity contribution in [1.29, 1.82) is 0 Å². The fraction of sp³-hybridized carbons (Fsp3) is 0.182. The summed E-state index contributed by atoms with van der Waals surface area (Å²) in [5.74, 6) is -0.910. The van der Waals surface area contributed by atoms with Crippen LogP contribution in [-0.2, 0) is 6.42 Å². The molecule has 1 aliphatic rings. The van der Waals surface area contributed by atoms with Crippen molar-refractivity contribution in [3.8, 4) is 11.1 Å². The van der Waals surface area contributed by atoms with Crippen molar-refractivity contribution in [2.75, 3.05) is 6.26 Å². The van der Waals surface area contributed by atoms with Crippen molar-refractivity contribution >= 4 is 28.8 Å². The lowest BCUT2D eigenvalue weighted by atomic mass is 9.93. The quantitative estimate of drug-likeness (QED) is 0.401. The number of hydrogen-bond donors (Lipinski definition) is 1. The number of carboxylic acids is 1. The van der Waals surface area contributed by atoms with Gasteiger partial charge in [0.2, 0.25) is 0 Å². The van der Waals surface area contributed by atoms with E-state index in [2.05, 4.69) is 21.1 Å². The first-order valence-corrected chi connectivity index (χ1v) is 10.6. The summed E-state index contributed by atoms with van der Waals surface area (Å²) in [6, 6.07) is 13.4. The third-order valence-corrected chi connectivity index (χ3v) is 6.04. The summed E-state index contributed by atoms with van der Waals surface area (Å²) in [6.45, 7) is 0. The molecule has 7 heteroatoms. The highest BCUT2D eigenvalue weighted by Crippen LogP contribution is 2.41. The SMILES string of the molecule is CSc1ncc2cnn(C3CCc4c(-c5ccccc5C(=O)O)cccc43)c2n1. The Bertz CT molecular complexity index is 1250. The number of thioether (sulfide) groups is 1. The van der Waals surface area contributed by atoms with Gasteiger partial charge in [-0.05, 0) is 47.4 Å². The van der Waals surface area contributed by atoms with Crippen LogP contribution in [0.25, 0.3) is 22.2 Å². The third-order valence-electron chi connectivity index (χ3n) is 5.48. The van der Waals surface area contributed by atoms with E-state index < -0.39 is 5.97 Å². The lowest BCUT2D eigenvalue weighted by Gasteiger charge is -2.15. The zero-order chi connectivity index (χ0) is 20.0. The van der Waals surface area contributed by atoms with E-state index in [1.54, 1.807) is 18.3 Å². The minimum atomic E-state index is -0.910. The molecule has 0 saturated heterocycles. The van der Waals surface area contributed by atoms with E-state index in [-0.39, 0.29) is 6.04 Å². The van der Waals surface area contributed by atoms with Crippen LogP contribution in [0.2, 0.25) is 0 Å². The Morgan fingerprint density at radius 1 is 1.14 bits per heavy atom. The number of aromatic nitrogens is 4. The molecule has 29 heavy (non-hydrogen) atoms. The molecule has 6 nitrogen and oxygen atoms in total. The van der Waals surface area contributed by atoms with Gasteiger partial charge >= 0.3 is 5.97 Å². The van der Waals surface area contributed by atoms with Gasteiger partial charge in [-0.3, -0.25) is 0 Å². The van der Waals surface area contributed by atoms with Gasteiger partial charge in [-0.25, -0.2) is 19.4 Å². The summed E-state index contributed by atoms with van der Waals surface area (Å²) in [5.41, 5.74) is 5.27. The predicted octanol–water partition coefficient (Wildman–Crippen LogP) is 4.45. The summed E-state index contributed by atoms with van der Waals surface area (Å²) in [4.78, 5) is 20.7. The number of nitrogens with zero attached hydrogens (tertiary/aromatic N) is 4. The summed E-state index contributed by atoms with van der Waals surface area (Å²) >= 11 is 1.51. The Kier molecular flexibility index (Phi) is 4.32. The minimum Gasteiger partial charge on any atom is -0.478 e. The number of aromatic carboxylic acids is 1. The van der Waals surface area contributed by atoms with E-state index in [0.29, 0.717) is 5.56 Å². The number of hydrogen-bond acceptors (Lipinski definition) is 5. The van der Waals surface area contributed by atoms with Gasteiger partial charge in [-0.1, -0.05) is 48.2 Å². The molecule has 2 heterocycles. The molecule has 0 spiro atoms. The first-order chi connectivity index (χ1) is 14.2. The smallest absolute Gasteiger partial charge is 0.336 e. The Hall–Kier alpha value is -3.19. The van der Waals surface area contributed by atoms with Gasteiger partial charge in [-0.2, -0.15) is 5.10 Å². The first-order valence-electron chi connectivity index (χ1n) is 9.36. The molecule has 1 unspecified atom stereocenters. The zero-order valence-electron chi connectivity index (χ0n) is 15.7. The molecular formula is C22H18N4O2S. The standard InChI is InChI=1S/C22H18N4O2S/c1-29-22-23-11-13-12-24-26(20(13)25-22)19-10-9-16-14(7-4-8-17(16)19)15-5-2-3-6-18(15)21(27)28/h2-8,11-12,19H,9-10H2,1H3,(H,27,28). The molecular weight excluding hydrogens is 384 g/mol. The number of rotatable bonds is 4. The van der Waals surface area contributed by atoms with Gasteiger partial charge in [0, 0.05) is 6.20 Å². The Morgan fingerprint density at radius 2 is 1.97 bits per heavy atom. The zero-order valence-corrected chi connectivity index (χ0v) is 16.6. The largest absolute Gasteiger partial charge is 0.478 e. The fourth-order valence-electron chi connectivity index (χ4n) is 4.19. The molecule has 0 fully saturated rings. The molecule has 0 amide bonds. The van der Waals surface area contributed by atoms with Gasteiger partial charge in [0.1, 0.15) is 0 Å². The van der Waals surface area contributed by atoms with Gasteiger partial charge < -0.3 is 5.11 Å². The number of fused-ring (bicyclic) bond motifs is 2. The number of carboxylic acid groups (broad SMARTS) is 1. The lowest BCUT2D eigenvalue weighted by Crippen LogP contribution is -2.10. The maximum atomic E-state index is 11.7. The van der Waals surface area contributed by atoms with Crippen LogP contribution in [0.15, 0.2) is 60.0 Å². The molecule has 0 aliphatic heterocycles. The summed E-state index contributed by atoms with van der Waals surface area (Å²) in [5, 5.41) is 15.9. The van der Waals surface area contributed by atoms with E-state index in [9.17, 15) is 9.90 Å². The highest BCUT2D eigenvalue weighted by molar-refractivity contribution is 7.98. The van der Waals surface area contributed by atoms with Crippen molar-refractivity contribution in [2.24, 2.45) is 0 Å². The lowest BCUT2D eigenvalue weighted by molar-refractivity contribution is 0.0697. The maximum Gasteiger partial charge on any atom is 0.336 e. The van der Waals surface area contributed by atoms with Crippen LogP contribution in [0.3, 0.4) is 0 Å². The maximum absolute atomic E-state index is 11.7. The van der Waals surface area contributed by atoms with Gasteiger partial charge in [0.05, 0.1) is 23.2 Å². The second-order valence-corrected chi connectivity index (χ2v) is 7.78. The summed E-state index contributed by atoms with van der Waals surface area (Å²) < 4.78 is 1.98. The molecule has 1 N–H and O–H groups in total. The van der Waals surface area contributed by atoms with Crippen molar-refractivity contribution in [1.82, 2.24) is 19.7 Å². The molecule has 0 radical (unpaired) electrons. The van der Waals surface area contributed by atoms with Gasteiger partial charge in [0.25, 0.3) is 0 Å². The average molecular weight is 402 g/mol. The predicted molar refractivity (Wildman–Crippen MR) is 112 cm³/mol. The minimum absolute atomic E-state index is 0.0732. The van der Waals surface area contributed by atoms with Gasteiger partial charge in [-0.15, -0.1) is 0 Å². The van der Waals surface area contributed by atoms with Gasteiger partial charge in [0.15, 0.2) is 10.8 Å². The van der Waals surface area contributed by atoms with Crippen LogP contribution in [0, 0.1) is 0 Å². The Morgan fingerprint density at radius 3 is 2.79 bits per heavy atom. The molecule has 4 aromatic rings. The van der Waals surface area contributed by atoms with E-state index in [0.717, 1.165) is 40.2 Å². The molecule has 1 aliphatic carbocycles. The van der Waals surface area contributed by atoms with Crippen LogP contribution in [0.1, 0.15) is 33.9 Å². The molecule has 0 bridgehead atoms. The highest BCUT2D eigenvalue weighted by atomic mass is 32.2. The van der Waals surface area contributed by atoms with Crippen LogP contribution >= 0.6 is 11.8 Å². The molecule has 144 valence electrons. The Labute approximate surface area is 171 Å². The van der Waals surface area contributed by atoms with E-state index in [1.165, 1.54) is 22.9 Å². The van der Waals surface area contributed by atoms with Crippen molar-refractivity contribution in [2.45, 2.75) is 24.0 Å². The topological polar surface area (TPSA) is 80.9 Å².